The highest BCUT2D eigenvalue weighted by molar-refractivity contribution is 6.21. The van der Waals surface area contributed by atoms with Crippen molar-refractivity contribution < 1.29 is 0 Å². The molecule has 0 saturated carbocycles. The van der Waals surface area contributed by atoms with E-state index in [-0.39, 0.29) is 0 Å². The van der Waals surface area contributed by atoms with Crippen LogP contribution in [0.4, 0.5) is 0 Å². The molecule has 0 aliphatic heterocycles. The number of hydrogen-bond acceptors (Lipinski definition) is 4. The maximum Gasteiger partial charge on any atom is 0.164 e. The number of aromatic nitrogens is 4. The third kappa shape index (κ3) is 6.37. The second kappa shape index (κ2) is 14.8. The van der Waals surface area contributed by atoms with Crippen LogP contribution in [0.25, 0.3) is 115 Å². The molecule has 0 atom stereocenters. The zero-order valence-electron chi connectivity index (χ0n) is 33.9. The van der Waals surface area contributed by atoms with Gasteiger partial charge in [-0.2, -0.15) is 5.26 Å². The third-order valence-electron chi connectivity index (χ3n) is 12.2. The summed E-state index contributed by atoms with van der Waals surface area (Å²) in [4.78, 5) is 15.3. The molecule has 12 aromatic rings. The lowest BCUT2D eigenvalue weighted by Crippen LogP contribution is -1.94. The smallest absolute Gasteiger partial charge is 0.164 e. The van der Waals surface area contributed by atoms with E-state index in [1.165, 1.54) is 0 Å². The molecule has 5 heteroatoms. The van der Waals surface area contributed by atoms with E-state index in [9.17, 15) is 5.26 Å². The molecule has 0 spiro atoms. The van der Waals surface area contributed by atoms with Gasteiger partial charge < -0.3 is 4.57 Å². The second-order valence-electron chi connectivity index (χ2n) is 16.0. The average Bonchev–Trinajstić information content (AvgIpc) is 3.70. The van der Waals surface area contributed by atoms with Gasteiger partial charge in [0.2, 0.25) is 0 Å². The Bertz CT molecular complexity index is 3960. The van der Waals surface area contributed by atoms with Crippen LogP contribution in [-0.4, -0.2) is 19.5 Å². The molecule has 0 amide bonds. The Morgan fingerprint density at radius 3 is 1.48 bits per heavy atom. The van der Waals surface area contributed by atoms with E-state index in [1.807, 2.05) is 54.6 Å². The first kappa shape index (κ1) is 36.2. The summed E-state index contributed by atoms with van der Waals surface area (Å²) in [5, 5.41) is 22.5. The topological polar surface area (TPSA) is 67.4 Å². The van der Waals surface area contributed by atoms with Crippen molar-refractivity contribution in [3.05, 3.63) is 218 Å². The molecule has 63 heavy (non-hydrogen) atoms. The molecule has 3 aromatic heterocycles. The lowest BCUT2D eigenvalue weighted by Gasteiger charge is -2.10. The second-order valence-corrected chi connectivity index (χ2v) is 16.0. The number of nitriles is 1. The van der Waals surface area contributed by atoms with Gasteiger partial charge in [0.15, 0.2) is 17.1 Å². The molecule has 3 heterocycles. The quantitative estimate of drug-likeness (QED) is 0.178. The van der Waals surface area contributed by atoms with Gasteiger partial charge in [-0.1, -0.05) is 140 Å². The summed E-state index contributed by atoms with van der Waals surface area (Å²) in [5.41, 5.74) is 8.31. The van der Waals surface area contributed by atoms with Crippen LogP contribution in [0.1, 0.15) is 5.56 Å². The minimum atomic E-state index is 0.618. The predicted octanol–water partition coefficient (Wildman–Crippen LogP) is 14.8. The summed E-state index contributed by atoms with van der Waals surface area (Å²) in [6.07, 6.45) is 0. The lowest BCUT2D eigenvalue weighted by atomic mass is 9.99. The van der Waals surface area contributed by atoms with Gasteiger partial charge in [0.1, 0.15) is 0 Å². The molecule has 5 nitrogen and oxygen atoms in total. The maximum absolute atomic E-state index is 9.52. The summed E-state index contributed by atoms with van der Waals surface area (Å²) in [6.45, 7) is 0. The number of hydrogen-bond donors (Lipinski definition) is 0. The van der Waals surface area contributed by atoms with Crippen LogP contribution in [0, 0.1) is 11.3 Å². The number of rotatable bonds is 3. The fourth-order valence-electron chi connectivity index (χ4n) is 9.07. The molecule has 0 aliphatic carbocycles. The van der Waals surface area contributed by atoms with Gasteiger partial charge in [0.05, 0.1) is 22.7 Å². The van der Waals surface area contributed by atoms with Crippen LogP contribution in [-0.2, 0) is 0 Å². The summed E-state index contributed by atoms with van der Waals surface area (Å²) in [6, 6.07) is 77.1. The normalized spacial score (nSPS) is 11.5. The SMILES string of the molecule is N#Cc1ccc(-c2ccc3c(c2)c2cc4cc(c5cccc(c5)c5cccc(c5)c5nc(-c6ccccc6)nc(n5)c5cccc(c5)c5cccc4c5)c2n3-c2ccccc2)cc1. The first-order chi connectivity index (χ1) is 31.1. The average molecular weight is 802 g/mol. The van der Waals surface area contributed by atoms with Crippen molar-refractivity contribution in [1.29, 1.82) is 5.26 Å². The fraction of sp³-hybridized carbons (Fsp3) is 0. The molecular formula is C58H35N5. The minimum Gasteiger partial charge on any atom is -0.309 e. The Morgan fingerprint density at radius 2 is 0.857 bits per heavy atom. The molecule has 0 aliphatic rings. The van der Waals surface area contributed by atoms with Gasteiger partial charge in [-0.25, -0.2) is 15.0 Å². The molecular weight excluding hydrogens is 767 g/mol. The molecule has 292 valence electrons. The van der Waals surface area contributed by atoms with Gasteiger partial charge in [0, 0.05) is 38.2 Å². The Labute approximate surface area is 362 Å². The Kier molecular flexibility index (Phi) is 8.48. The van der Waals surface area contributed by atoms with Crippen molar-refractivity contribution in [2.75, 3.05) is 0 Å². The molecule has 12 bridgehead atoms. The van der Waals surface area contributed by atoms with Gasteiger partial charge in [-0.15, -0.1) is 0 Å². The number of fused-ring (bicyclic) bond motifs is 22. The fourth-order valence-corrected chi connectivity index (χ4v) is 9.07. The summed E-state index contributed by atoms with van der Waals surface area (Å²) in [5.74, 6) is 0.630. The van der Waals surface area contributed by atoms with Gasteiger partial charge in [0.25, 0.3) is 0 Å². The van der Waals surface area contributed by atoms with Crippen LogP contribution in [0.3, 0.4) is 0 Å². The van der Waals surface area contributed by atoms with E-state index in [0.29, 0.717) is 22.7 Å². The summed E-state index contributed by atoms with van der Waals surface area (Å²) >= 11 is 0. The highest BCUT2D eigenvalue weighted by Gasteiger charge is 2.17. The number of nitrogens with zero attached hydrogens (tertiary/aromatic N) is 5. The van der Waals surface area contributed by atoms with Gasteiger partial charge >= 0.3 is 0 Å². The summed E-state index contributed by atoms with van der Waals surface area (Å²) in [7, 11) is 0. The van der Waals surface area contributed by atoms with Crippen LogP contribution >= 0.6 is 0 Å². The van der Waals surface area contributed by atoms with Crippen molar-refractivity contribution in [2.45, 2.75) is 0 Å². The molecule has 0 N–H and O–H groups in total. The van der Waals surface area contributed by atoms with E-state index >= 15 is 0 Å². The van der Waals surface area contributed by atoms with Crippen LogP contribution in [0.15, 0.2) is 212 Å². The number of para-hydroxylation sites is 1. The van der Waals surface area contributed by atoms with Crippen molar-refractivity contribution in [3.8, 4) is 34.3 Å². The molecule has 0 radical (unpaired) electrons. The molecule has 0 saturated heterocycles. The maximum atomic E-state index is 9.52. The molecule has 0 unspecified atom stereocenters. The highest BCUT2D eigenvalue weighted by Crippen LogP contribution is 2.40. The van der Waals surface area contributed by atoms with Gasteiger partial charge in [-0.3, -0.25) is 0 Å². The third-order valence-corrected chi connectivity index (χ3v) is 12.2. The van der Waals surface area contributed by atoms with Crippen molar-refractivity contribution in [3.63, 3.8) is 0 Å². The van der Waals surface area contributed by atoms with Gasteiger partial charge in [-0.05, 0) is 122 Å². The molecule has 12 rings (SSSR count). The van der Waals surface area contributed by atoms with Crippen molar-refractivity contribution >= 4 is 87.0 Å². The highest BCUT2D eigenvalue weighted by atomic mass is 15.0. The summed E-state index contributed by atoms with van der Waals surface area (Å²) < 4.78 is 2.41. The standard InChI is InChI=1S/C58H35N5/c59-36-37-23-25-38(26-24-37)45-27-28-54-52(33-45)53-35-49-34-51(55(53)63(54)50-21-5-2-6-22-50)46-18-8-14-41(30-46)43-16-10-20-48(32-43)58-61-56(39-11-3-1-4-12-39)60-57(62-58)47-19-9-15-42(31-47)40-13-7-17-44(49)29-40/h1-35H. The van der Waals surface area contributed by atoms with Crippen LogP contribution < -0.4 is 0 Å². The Balaban J connectivity index is 1.26. The molecule has 0 fully saturated rings. The van der Waals surface area contributed by atoms with E-state index < -0.39 is 0 Å². The van der Waals surface area contributed by atoms with Crippen molar-refractivity contribution in [1.82, 2.24) is 19.5 Å². The largest absolute Gasteiger partial charge is 0.309 e. The Hall–Kier alpha value is -8.72. The monoisotopic (exact) mass is 801 g/mol. The van der Waals surface area contributed by atoms with E-state index in [4.69, 9.17) is 15.0 Å². The zero-order valence-corrected chi connectivity index (χ0v) is 33.9. The van der Waals surface area contributed by atoms with E-state index in [2.05, 4.69) is 168 Å². The minimum absolute atomic E-state index is 0.618. The Morgan fingerprint density at radius 1 is 0.349 bits per heavy atom. The lowest BCUT2D eigenvalue weighted by molar-refractivity contribution is 1.18. The van der Waals surface area contributed by atoms with Crippen LogP contribution in [0.5, 0.6) is 0 Å². The van der Waals surface area contributed by atoms with E-state index in [1.54, 1.807) is 0 Å². The zero-order chi connectivity index (χ0) is 41.9. The molecule has 9 aromatic carbocycles. The predicted molar refractivity (Wildman–Crippen MR) is 261 cm³/mol. The van der Waals surface area contributed by atoms with Crippen LogP contribution in [0.2, 0.25) is 0 Å². The van der Waals surface area contributed by atoms with Crippen molar-refractivity contribution in [2.24, 2.45) is 0 Å². The number of benzene rings is 9. The first-order valence-corrected chi connectivity index (χ1v) is 21.1. The first-order valence-electron chi connectivity index (χ1n) is 21.1. The van der Waals surface area contributed by atoms with E-state index in [0.717, 1.165) is 98.0 Å².